The van der Waals surface area contributed by atoms with E-state index < -0.39 is 0 Å². The molecule has 2 heteroatoms. The fraction of sp³-hybridized carbons (Fsp3) is 0.0769. The molecule has 15 heavy (non-hydrogen) atoms. The van der Waals surface area contributed by atoms with Gasteiger partial charge in [-0.2, -0.15) is 5.26 Å². The predicted octanol–water partition coefficient (Wildman–Crippen LogP) is 2.81. The van der Waals surface area contributed by atoms with Crippen molar-refractivity contribution in [1.82, 2.24) is 4.98 Å². The van der Waals surface area contributed by atoms with Gasteiger partial charge in [-0.1, -0.05) is 30.3 Å². The third-order valence-electron chi connectivity index (χ3n) is 2.23. The van der Waals surface area contributed by atoms with E-state index in [2.05, 4.69) is 11.1 Å². The third kappa shape index (κ3) is 2.21. The fourth-order valence-corrected chi connectivity index (χ4v) is 1.44. The van der Waals surface area contributed by atoms with E-state index in [4.69, 9.17) is 5.26 Å². The minimum atomic E-state index is 0.466. The Hall–Kier alpha value is -2.14. The van der Waals surface area contributed by atoms with Gasteiger partial charge in [-0.15, -0.1) is 0 Å². The second-order valence-electron chi connectivity index (χ2n) is 3.27. The Kier molecular flexibility index (Phi) is 2.75. The Morgan fingerprint density at radius 3 is 2.47 bits per heavy atom. The molecule has 1 aromatic carbocycles. The van der Waals surface area contributed by atoms with Gasteiger partial charge in [0.1, 0.15) is 0 Å². The fourth-order valence-electron chi connectivity index (χ4n) is 1.44. The van der Waals surface area contributed by atoms with E-state index in [-0.39, 0.29) is 0 Å². The molecule has 0 N–H and O–H groups in total. The average Bonchev–Trinajstić information content (AvgIpc) is 2.32. The van der Waals surface area contributed by atoms with Crippen LogP contribution in [0.5, 0.6) is 0 Å². The molecular weight excluding hydrogens is 184 g/mol. The zero-order valence-corrected chi connectivity index (χ0v) is 8.22. The lowest BCUT2D eigenvalue weighted by Crippen LogP contribution is -1.82. The number of hydrogen-bond donors (Lipinski definition) is 0. The van der Waals surface area contributed by atoms with Crippen LogP contribution in [-0.4, -0.2) is 4.98 Å². The smallest absolute Gasteiger partial charge is 0.0669 e. The lowest BCUT2D eigenvalue weighted by molar-refractivity contribution is 1.26. The molecule has 0 fully saturated rings. The van der Waals surface area contributed by atoms with E-state index in [1.165, 1.54) is 0 Å². The third-order valence-corrected chi connectivity index (χ3v) is 2.23. The number of rotatable bonds is 2. The van der Waals surface area contributed by atoms with Crippen LogP contribution in [0.4, 0.5) is 0 Å². The van der Waals surface area contributed by atoms with E-state index in [0.717, 1.165) is 16.7 Å². The summed E-state index contributed by atoms with van der Waals surface area (Å²) in [6, 6.07) is 14.1. The number of benzene rings is 1. The summed E-state index contributed by atoms with van der Waals surface area (Å²) in [5, 5.41) is 8.55. The van der Waals surface area contributed by atoms with Crippen molar-refractivity contribution in [3.8, 4) is 17.2 Å². The minimum Gasteiger partial charge on any atom is -0.264 e. The molecular formula is C13H10N2. The molecule has 0 aliphatic carbocycles. The summed E-state index contributed by atoms with van der Waals surface area (Å²) < 4.78 is 0. The summed E-state index contributed by atoms with van der Waals surface area (Å²) in [4.78, 5) is 4.07. The first-order valence-corrected chi connectivity index (χ1v) is 4.76. The first-order chi connectivity index (χ1) is 7.40. The van der Waals surface area contributed by atoms with Crippen LogP contribution < -0.4 is 0 Å². The van der Waals surface area contributed by atoms with Crippen molar-refractivity contribution in [3.05, 3.63) is 54.4 Å². The topological polar surface area (TPSA) is 36.7 Å². The second kappa shape index (κ2) is 4.39. The molecule has 0 aliphatic heterocycles. The average molecular weight is 194 g/mol. The molecule has 2 rings (SSSR count). The van der Waals surface area contributed by atoms with Crippen molar-refractivity contribution in [2.75, 3.05) is 0 Å². The van der Waals surface area contributed by atoms with Crippen LogP contribution in [-0.2, 0) is 6.42 Å². The first kappa shape index (κ1) is 9.42. The molecule has 0 spiro atoms. The SMILES string of the molecule is N#CCc1ccc(-c2cccnc2)cc1. The van der Waals surface area contributed by atoms with Crippen molar-refractivity contribution in [3.63, 3.8) is 0 Å². The van der Waals surface area contributed by atoms with Gasteiger partial charge >= 0.3 is 0 Å². The highest BCUT2D eigenvalue weighted by molar-refractivity contribution is 5.62. The van der Waals surface area contributed by atoms with Crippen LogP contribution >= 0.6 is 0 Å². The molecule has 0 saturated carbocycles. The van der Waals surface area contributed by atoms with Gasteiger partial charge in [0.15, 0.2) is 0 Å². The number of pyridine rings is 1. The van der Waals surface area contributed by atoms with Gasteiger partial charge in [-0.25, -0.2) is 0 Å². The molecule has 0 unspecified atom stereocenters. The summed E-state index contributed by atoms with van der Waals surface area (Å²) in [6.45, 7) is 0. The lowest BCUT2D eigenvalue weighted by atomic mass is 10.0. The molecule has 72 valence electrons. The zero-order chi connectivity index (χ0) is 10.5. The number of nitriles is 1. The van der Waals surface area contributed by atoms with E-state index >= 15 is 0 Å². The number of hydrogen-bond acceptors (Lipinski definition) is 2. The van der Waals surface area contributed by atoms with Crippen LogP contribution in [0.25, 0.3) is 11.1 Å². The Morgan fingerprint density at radius 2 is 1.87 bits per heavy atom. The second-order valence-corrected chi connectivity index (χ2v) is 3.27. The maximum Gasteiger partial charge on any atom is 0.0669 e. The summed E-state index contributed by atoms with van der Waals surface area (Å²) in [5.74, 6) is 0. The van der Waals surface area contributed by atoms with E-state index in [1.54, 1.807) is 6.20 Å². The van der Waals surface area contributed by atoms with Crippen LogP contribution in [0.1, 0.15) is 5.56 Å². The van der Waals surface area contributed by atoms with Gasteiger partial charge in [0.2, 0.25) is 0 Å². The lowest BCUT2D eigenvalue weighted by Gasteiger charge is -2.01. The van der Waals surface area contributed by atoms with Gasteiger partial charge in [0.05, 0.1) is 12.5 Å². The zero-order valence-electron chi connectivity index (χ0n) is 8.22. The van der Waals surface area contributed by atoms with Crippen LogP contribution in [0.2, 0.25) is 0 Å². The standard InChI is InChI=1S/C13H10N2/c14-8-7-11-3-5-12(6-4-11)13-2-1-9-15-10-13/h1-6,9-10H,7H2. The van der Waals surface area contributed by atoms with Crippen molar-refractivity contribution < 1.29 is 0 Å². The van der Waals surface area contributed by atoms with Crippen molar-refractivity contribution in [2.24, 2.45) is 0 Å². The van der Waals surface area contributed by atoms with Gasteiger partial charge in [0, 0.05) is 12.4 Å². The quantitative estimate of drug-likeness (QED) is 0.737. The normalized spacial score (nSPS) is 9.53. The van der Waals surface area contributed by atoms with Crippen LogP contribution in [0, 0.1) is 11.3 Å². The molecule has 0 saturated heterocycles. The first-order valence-electron chi connectivity index (χ1n) is 4.76. The molecule has 1 heterocycles. The van der Waals surface area contributed by atoms with E-state index in [0.29, 0.717) is 6.42 Å². The summed E-state index contributed by atoms with van der Waals surface area (Å²) in [6.07, 6.45) is 4.06. The Morgan fingerprint density at radius 1 is 1.07 bits per heavy atom. The van der Waals surface area contributed by atoms with Gasteiger partial charge in [-0.3, -0.25) is 4.98 Å². The number of nitrogens with zero attached hydrogens (tertiary/aromatic N) is 2. The Labute approximate surface area is 88.8 Å². The summed E-state index contributed by atoms with van der Waals surface area (Å²) in [5.41, 5.74) is 3.27. The molecule has 0 aliphatic rings. The predicted molar refractivity (Wildman–Crippen MR) is 59.0 cm³/mol. The number of aromatic nitrogens is 1. The van der Waals surface area contributed by atoms with Crippen molar-refractivity contribution >= 4 is 0 Å². The van der Waals surface area contributed by atoms with Crippen molar-refractivity contribution in [2.45, 2.75) is 6.42 Å². The molecule has 2 aromatic rings. The molecule has 0 atom stereocenters. The van der Waals surface area contributed by atoms with Crippen LogP contribution in [0.3, 0.4) is 0 Å². The molecule has 1 aromatic heterocycles. The largest absolute Gasteiger partial charge is 0.264 e. The molecule has 0 amide bonds. The van der Waals surface area contributed by atoms with E-state index in [1.807, 2.05) is 42.6 Å². The maximum atomic E-state index is 8.55. The van der Waals surface area contributed by atoms with Crippen LogP contribution in [0.15, 0.2) is 48.8 Å². The van der Waals surface area contributed by atoms with Gasteiger partial charge in [0.25, 0.3) is 0 Å². The van der Waals surface area contributed by atoms with E-state index in [9.17, 15) is 0 Å². The Balaban J connectivity index is 2.29. The minimum absolute atomic E-state index is 0.466. The molecule has 0 bridgehead atoms. The van der Waals surface area contributed by atoms with Gasteiger partial charge in [-0.05, 0) is 22.8 Å². The molecule has 2 nitrogen and oxygen atoms in total. The highest BCUT2D eigenvalue weighted by Gasteiger charge is 1.96. The van der Waals surface area contributed by atoms with Crippen molar-refractivity contribution in [1.29, 1.82) is 5.26 Å². The summed E-state index contributed by atoms with van der Waals surface area (Å²) >= 11 is 0. The monoisotopic (exact) mass is 194 g/mol. The molecule has 0 radical (unpaired) electrons. The highest BCUT2D eigenvalue weighted by atomic mass is 14.6. The summed E-state index contributed by atoms with van der Waals surface area (Å²) in [7, 11) is 0. The highest BCUT2D eigenvalue weighted by Crippen LogP contribution is 2.18. The van der Waals surface area contributed by atoms with Gasteiger partial charge < -0.3 is 0 Å². The maximum absolute atomic E-state index is 8.55. The Bertz CT molecular complexity index is 466.